The molecule has 7 heteroatoms. The van der Waals surface area contributed by atoms with Crippen LogP contribution in [0.15, 0.2) is 36.4 Å². The van der Waals surface area contributed by atoms with Crippen LogP contribution in [0, 0.1) is 15.9 Å². The molecule has 0 aliphatic rings. The van der Waals surface area contributed by atoms with Crippen LogP contribution in [0.25, 0.3) is 0 Å². The molecule has 0 aliphatic carbocycles. The number of ether oxygens (including phenoxy) is 1. The SMILES string of the molecule is NCc1cccc(F)c1Oc1ccc(Cl)cc1[N+](=O)[O-]. The third-order valence-corrected chi connectivity index (χ3v) is 2.83. The van der Waals surface area contributed by atoms with Crippen LogP contribution in [0.4, 0.5) is 10.1 Å². The van der Waals surface area contributed by atoms with Crippen LogP contribution >= 0.6 is 11.6 Å². The first-order chi connectivity index (χ1) is 9.52. The summed E-state index contributed by atoms with van der Waals surface area (Å²) >= 11 is 5.70. The van der Waals surface area contributed by atoms with E-state index in [2.05, 4.69) is 0 Å². The Hall–Kier alpha value is -2.18. The van der Waals surface area contributed by atoms with Gasteiger partial charge in [-0.2, -0.15) is 0 Å². The number of hydrogen-bond acceptors (Lipinski definition) is 4. The Kier molecular flexibility index (Phi) is 4.16. The Balaban J connectivity index is 2.48. The highest BCUT2D eigenvalue weighted by molar-refractivity contribution is 6.30. The van der Waals surface area contributed by atoms with Crippen LogP contribution in [-0.2, 0) is 6.54 Å². The van der Waals surface area contributed by atoms with Crippen molar-refractivity contribution in [3.05, 3.63) is 62.9 Å². The molecule has 2 aromatic carbocycles. The van der Waals surface area contributed by atoms with Gasteiger partial charge in [0, 0.05) is 23.2 Å². The van der Waals surface area contributed by atoms with E-state index >= 15 is 0 Å². The number of halogens is 2. The molecule has 0 radical (unpaired) electrons. The van der Waals surface area contributed by atoms with Crippen molar-refractivity contribution in [3.8, 4) is 11.5 Å². The van der Waals surface area contributed by atoms with Crippen molar-refractivity contribution in [1.82, 2.24) is 0 Å². The van der Waals surface area contributed by atoms with E-state index in [1.54, 1.807) is 6.07 Å². The average molecular weight is 297 g/mol. The van der Waals surface area contributed by atoms with Crippen molar-refractivity contribution in [2.75, 3.05) is 0 Å². The Morgan fingerprint density at radius 2 is 2.10 bits per heavy atom. The number of rotatable bonds is 4. The Bertz CT molecular complexity index is 664. The predicted molar refractivity (Wildman–Crippen MR) is 72.5 cm³/mol. The maximum absolute atomic E-state index is 13.8. The molecule has 5 nitrogen and oxygen atoms in total. The predicted octanol–water partition coefficient (Wildman–Crippen LogP) is 3.64. The highest BCUT2D eigenvalue weighted by Gasteiger charge is 2.19. The lowest BCUT2D eigenvalue weighted by molar-refractivity contribution is -0.385. The van der Waals surface area contributed by atoms with Gasteiger partial charge in [0.05, 0.1) is 4.92 Å². The molecule has 2 aromatic rings. The quantitative estimate of drug-likeness (QED) is 0.690. The summed E-state index contributed by atoms with van der Waals surface area (Å²) in [5.41, 5.74) is 5.56. The average Bonchev–Trinajstić information content (AvgIpc) is 2.42. The minimum absolute atomic E-state index is 0.0501. The summed E-state index contributed by atoms with van der Waals surface area (Å²) in [7, 11) is 0. The Labute approximate surface area is 118 Å². The molecule has 2 rings (SSSR count). The Morgan fingerprint density at radius 1 is 1.35 bits per heavy atom. The van der Waals surface area contributed by atoms with Gasteiger partial charge in [-0.15, -0.1) is 0 Å². The van der Waals surface area contributed by atoms with Crippen molar-refractivity contribution >= 4 is 17.3 Å². The van der Waals surface area contributed by atoms with E-state index in [-0.39, 0.29) is 28.8 Å². The summed E-state index contributed by atoms with van der Waals surface area (Å²) in [5, 5.41) is 11.1. The minimum Gasteiger partial charge on any atom is -0.447 e. The van der Waals surface area contributed by atoms with E-state index in [0.29, 0.717) is 5.56 Å². The highest BCUT2D eigenvalue weighted by atomic mass is 35.5. The third kappa shape index (κ3) is 2.87. The van der Waals surface area contributed by atoms with E-state index in [9.17, 15) is 14.5 Å². The van der Waals surface area contributed by atoms with E-state index in [4.69, 9.17) is 22.1 Å². The molecular weight excluding hydrogens is 287 g/mol. The minimum atomic E-state index is -0.649. The zero-order chi connectivity index (χ0) is 14.7. The van der Waals surface area contributed by atoms with Gasteiger partial charge in [0.2, 0.25) is 5.75 Å². The van der Waals surface area contributed by atoms with Gasteiger partial charge < -0.3 is 10.5 Å². The van der Waals surface area contributed by atoms with E-state index in [1.165, 1.54) is 24.3 Å². The van der Waals surface area contributed by atoms with Crippen molar-refractivity contribution in [2.45, 2.75) is 6.54 Å². The lowest BCUT2D eigenvalue weighted by Crippen LogP contribution is -2.02. The zero-order valence-corrected chi connectivity index (χ0v) is 10.9. The number of nitrogens with two attached hydrogens (primary N) is 1. The maximum Gasteiger partial charge on any atom is 0.313 e. The molecule has 0 aromatic heterocycles. The van der Waals surface area contributed by atoms with Gasteiger partial charge in [-0.1, -0.05) is 23.7 Å². The summed E-state index contributed by atoms with van der Waals surface area (Å²) in [4.78, 5) is 10.3. The van der Waals surface area contributed by atoms with Gasteiger partial charge in [0.1, 0.15) is 0 Å². The number of nitro benzene ring substituents is 1. The molecule has 0 saturated carbocycles. The molecule has 0 atom stereocenters. The van der Waals surface area contributed by atoms with E-state index < -0.39 is 10.7 Å². The summed E-state index contributed by atoms with van der Waals surface area (Å²) < 4.78 is 19.1. The number of para-hydroxylation sites is 1. The lowest BCUT2D eigenvalue weighted by atomic mass is 10.2. The number of hydrogen-bond donors (Lipinski definition) is 1. The molecule has 0 heterocycles. The molecule has 0 unspecified atom stereocenters. The van der Waals surface area contributed by atoms with E-state index in [0.717, 1.165) is 6.07 Å². The fourth-order valence-electron chi connectivity index (χ4n) is 1.66. The fourth-order valence-corrected chi connectivity index (χ4v) is 1.82. The summed E-state index contributed by atoms with van der Waals surface area (Å²) in [5.74, 6) is -0.864. The molecule has 0 saturated heterocycles. The normalized spacial score (nSPS) is 10.3. The Morgan fingerprint density at radius 3 is 2.75 bits per heavy atom. The molecule has 0 amide bonds. The first-order valence-electron chi connectivity index (χ1n) is 5.62. The number of nitro groups is 1. The molecule has 0 fully saturated rings. The van der Waals surface area contributed by atoms with Crippen LogP contribution < -0.4 is 10.5 Å². The molecule has 104 valence electrons. The zero-order valence-electron chi connectivity index (χ0n) is 10.2. The molecule has 2 N–H and O–H groups in total. The van der Waals surface area contributed by atoms with Gasteiger partial charge in [-0.3, -0.25) is 10.1 Å². The first-order valence-corrected chi connectivity index (χ1v) is 6.00. The molecule has 20 heavy (non-hydrogen) atoms. The molecule has 0 bridgehead atoms. The third-order valence-electron chi connectivity index (χ3n) is 2.60. The second kappa shape index (κ2) is 5.85. The van der Waals surface area contributed by atoms with Gasteiger partial charge in [-0.25, -0.2) is 4.39 Å². The van der Waals surface area contributed by atoms with Crippen molar-refractivity contribution in [1.29, 1.82) is 0 Å². The van der Waals surface area contributed by atoms with Crippen molar-refractivity contribution in [2.24, 2.45) is 5.73 Å². The summed E-state index contributed by atoms with van der Waals surface area (Å²) in [6, 6.07) is 8.14. The van der Waals surface area contributed by atoms with E-state index in [1.807, 2.05) is 0 Å². The maximum atomic E-state index is 13.8. The second-order valence-corrected chi connectivity index (χ2v) is 4.34. The molecule has 0 aliphatic heterocycles. The van der Waals surface area contributed by atoms with Crippen molar-refractivity contribution in [3.63, 3.8) is 0 Å². The largest absolute Gasteiger partial charge is 0.447 e. The monoisotopic (exact) mass is 296 g/mol. The smallest absolute Gasteiger partial charge is 0.313 e. The number of benzene rings is 2. The lowest BCUT2D eigenvalue weighted by Gasteiger charge is -2.11. The van der Waals surface area contributed by atoms with Gasteiger partial charge in [0.15, 0.2) is 11.6 Å². The number of nitrogens with zero attached hydrogens (tertiary/aromatic N) is 1. The van der Waals surface area contributed by atoms with Crippen LogP contribution in [0.3, 0.4) is 0 Å². The van der Waals surface area contributed by atoms with Crippen LogP contribution in [-0.4, -0.2) is 4.92 Å². The van der Waals surface area contributed by atoms with Gasteiger partial charge >= 0.3 is 5.69 Å². The van der Waals surface area contributed by atoms with Crippen LogP contribution in [0.5, 0.6) is 11.5 Å². The second-order valence-electron chi connectivity index (χ2n) is 3.90. The van der Waals surface area contributed by atoms with Gasteiger partial charge in [0.25, 0.3) is 0 Å². The first kappa shape index (κ1) is 14.2. The molecule has 0 spiro atoms. The molecular formula is C13H10ClFN2O3. The van der Waals surface area contributed by atoms with Crippen molar-refractivity contribution < 1.29 is 14.1 Å². The highest BCUT2D eigenvalue weighted by Crippen LogP contribution is 2.35. The topological polar surface area (TPSA) is 78.4 Å². The standard InChI is InChI=1S/C13H10ClFN2O3/c14-9-4-5-12(11(6-9)17(18)19)20-13-8(7-16)2-1-3-10(13)15/h1-6H,7,16H2. The summed E-state index contributed by atoms with van der Waals surface area (Å²) in [6.07, 6.45) is 0. The fraction of sp³-hybridized carbons (Fsp3) is 0.0769. The van der Waals surface area contributed by atoms with Crippen LogP contribution in [0.1, 0.15) is 5.56 Å². The summed E-state index contributed by atoms with van der Waals surface area (Å²) in [6.45, 7) is 0.0501. The van der Waals surface area contributed by atoms with Gasteiger partial charge in [-0.05, 0) is 18.2 Å². The van der Waals surface area contributed by atoms with Crippen LogP contribution in [0.2, 0.25) is 5.02 Å².